The van der Waals surface area contributed by atoms with E-state index in [1.807, 2.05) is 63.2 Å². The largest absolute Gasteiger partial charge is 0.484 e. The molecule has 0 radical (unpaired) electrons. The summed E-state index contributed by atoms with van der Waals surface area (Å²) >= 11 is 6.33. The van der Waals surface area contributed by atoms with Crippen LogP contribution in [0, 0.1) is 5.92 Å². The minimum Gasteiger partial charge on any atom is -0.484 e. The third-order valence-corrected chi connectivity index (χ3v) is 5.43. The summed E-state index contributed by atoms with van der Waals surface area (Å²) in [5.41, 5.74) is 1.99. The quantitative estimate of drug-likeness (QED) is 0.538. The predicted octanol–water partition coefficient (Wildman–Crippen LogP) is 4.86. The lowest BCUT2D eigenvalue weighted by atomic mass is 10.1. The lowest BCUT2D eigenvalue weighted by Crippen LogP contribution is -2.50. The minimum absolute atomic E-state index is 0.149. The Morgan fingerprint density at radius 3 is 2.32 bits per heavy atom. The Morgan fingerprint density at radius 2 is 1.74 bits per heavy atom. The topological polar surface area (TPSA) is 58.6 Å². The van der Waals surface area contributed by atoms with Gasteiger partial charge in [0, 0.05) is 18.1 Å². The van der Waals surface area contributed by atoms with Gasteiger partial charge in [-0.15, -0.1) is 0 Å². The molecule has 2 amide bonds. The molecule has 0 unspecified atom stereocenters. The van der Waals surface area contributed by atoms with Gasteiger partial charge in [0.1, 0.15) is 11.8 Å². The van der Waals surface area contributed by atoms with Gasteiger partial charge in [-0.3, -0.25) is 9.59 Å². The number of carbonyl (C=O) groups excluding carboxylic acids is 2. The molecule has 0 aliphatic carbocycles. The Bertz CT molecular complexity index is 852. The average Bonchev–Trinajstić information content (AvgIpc) is 2.77. The van der Waals surface area contributed by atoms with Gasteiger partial charge in [-0.1, -0.05) is 69.6 Å². The van der Waals surface area contributed by atoms with E-state index in [9.17, 15) is 9.59 Å². The number of benzene rings is 2. The summed E-state index contributed by atoms with van der Waals surface area (Å²) in [4.78, 5) is 27.6. The van der Waals surface area contributed by atoms with Crippen LogP contribution in [0.1, 0.15) is 45.2 Å². The summed E-state index contributed by atoms with van der Waals surface area (Å²) < 4.78 is 5.73. The average molecular weight is 445 g/mol. The number of halogens is 1. The lowest BCUT2D eigenvalue weighted by Gasteiger charge is -2.31. The second-order valence-electron chi connectivity index (χ2n) is 7.96. The Labute approximate surface area is 190 Å². The van der Waals surface area contributed by atoms with Gasteiger partial charge in [0.25, 0.3) is 5.91 Å². The number of ether oxygens (including phenoxy) is 1. The zero-order chi connectivity index (χ0) is 22.8. The van der Waals surface area contributed by atoms with Gasteiger partial charge in [0.15, 0.2) is 6.61 Å². The highest BCUT2D eigenvalue weighted by Gasteiger charge is 2.29. The number of aryl methyl sites for hydroxylation is 1. The maximum atomic E-state index is 13.2. The molecule has 31 heavy (non-hydrogen) atoms. The van der Waals surface area contributed by atoms with Gasteiger partial charge >= 0.3 is 0 Å². The maximum absolute atomic E-state index is 13.2. The first-order chi connectivity index (χ1) is 14.8. The van der Waals surface area contributed by atoms with Crippen molar-refractivity contribution in [2.75, 3.05) is 13.2 Å². The number of hydrogen-bond acceptors (Lipinski definition) is 3. The van der Waals surface area contributed by atoms with Crippen LogP contribution in [0.15, 0.2) is 48.5 Å². The molecule has 0 heterocycles. The van der Waals surface area contributed by atoms with E-state index in [4.69, 9.17) is 16.3 Å². The second-order valence-corrected chi connectivity index (χ2v) is 8.37. The van der Waals surface area contributed by atoms with Crippen molar-refractivity contribution in [3.05, 3.63) is 64.7 Å². The smallest absolute Gasteiger partial charge is 0.261 e. The number of hydrogen-bond donors (Lipinski definition) is 1. The van der Waals surface area contributed by atoms with Crippen molar-refractivity contribution in [1.29, 1.82) is 0 Å². The molecule has 2 aromatic rings. The molecule has 0 spiro atoms. The van der Waals surface area contributed by atoms with Crippen LogP contribution < -0.4 is 10.1 Å². The van der Waals surface area contributed by atoms with Crippen LogP contribution in [0.5, 0.6) is 5.75 Å². The van der Waals surface area contributed by atoms with Crippen LogP contribution in [0.4, 0.5) is 0 Å². The number of amides is 2. The van der Waals surface area contributed by atoms with Gasteiger partial charge in [-0.2, -0.15) is 0 Å². The Balaban J connectivity index is 2.18. The highest BCUT2D eigenvalue weighted by atomic mass is 35.5. The molecular weight excluding hydrogens is 412 g/mol. The first-order valence-electron chi connectivity index (χ1n) is 10.9. The molecule has 1 N–H and O–H groups in total. The number of rotatable bonds is 11. The summed E-state index contributed by atoms with van der Waals surface area (Å²) in [6, 6.07) is 14.4. The van der Waals surface area contributed by atoms with E-state index in [1.165, 1.54) is 5.56 Å². The molecule has 0 bridgehead atoms. The molecule has 168 valence electrons. The van der Waals surface area contributed by atoms with Gasteiger partial charge in [0.2, 0.25) is 5.91 Å². The monoisotopic (exact) mass is 444 g/mol. The van der Waals surface area contributed by atoms with E-state index < -0.39 is 6.04 Å². The molecule has 5 nitrogen and oxygen atoms in total. The molecule has 0 aromatic heterocycles. The van der Waals surface area contributed by atoms with Crippen molar-refractivity contribution in [3.63, 3.8) is 0 Å². The van der Waals surface area contributed by atoms with Crippen molar-refractivity contribution in [3.8, 4) is 5.75 Å². The van der Waals surface area contributed by atoms with Crippen LogP contribution in [-0.4, -0.2) is 35.9 Å². The third kappa shape index (κ3) is 7.59. The SMILES string of the molecule is CCc1ccc(OCC(=O)N(Cc2ccccc2Cl)[C@H](CC)C(=O)NCC(C)C)cc1. The number of nitrogens with zero attached hydrogens (tertiary/aromatic N) is 1. The maximum Gasteiger partial charge on any atom is 0.261 e. The van der Waals surface area contributed by atoms with Crippen molar-refractivity contribution in [1.82, 2.24) is 10.2 Å². The highest BCUT2D eigenvalue weighted by molar-refractivity contribution is 6.31. The van der Waals surface area contributed by atoms with E-state index in [-0.39, 0.29) is 25.0 Å². The van der Waals surface area contributed by atoms with Crippen LogP contribution in [0.2, 0.25) is 5.02 Å². The summed E-state index contributed by atoms with van der Waals surface area (Å²) in [6.45, 7) is 8.70. The molecular formula is C25H33ClN2O3. The molecule has 0 fully saturated rings. The first kappa shape index (κ1) is 24.7. The van der Waals surface area contributed by atoms with Gasteiger partial charge in [-0.25, -0.2) is 0 Å². The zero-order valence-corrected chi connectivity index (χ0v) is 19.6. The summed E-state index contributed by atoms with van der Waals surface area (Å²) in [5.74, 6) is 0.527. The van der Waals surface area contributed by atoms with Gasteiger partial charge in [-0.05, 0) is 48.1 Å². The van der Waals surface area contributed by atoms with Crippen LogP contribution in [0.25, 0.3) is 0 Å². The fraction of sp³-hybridized carbons (Fsp3) is 0.440. The number of carbonyl (C=O) groups is 2. The van der Waals surface area contributed by atoms with Gasteiger partial charge < -0.3 is 15.0 Å². The normalized spacial score (nSPS) is 11.8. The lowest BCUT2D eigenvalue weighted by molar-refractivity contribution is -0.143. The molecule has 0 saturated heterocycles. The molecule has 0 saturated carbocycles. The highest BCUT2D eigenvalue weighted by Crippen LogP contribution is 2.20. The second kappa shape index (κ2) is 12.4. The van der Waals surface area contributed by atoms with Crippen LogP contribution in [0.3, 0.4) is 0 Å². The van der Waals surface area contributed by atoms with Crippen molar-refractivity contribution in [2.24, 2.45) is 5.92 Å². The minimum atomic E-state index is -0.603. The molecule has 0 aliphatic heterocycles. The summed E-state index contributed by atoms with van der Waals surface area (Å²) in [6.07, 6.45) is 1.43. The third-order valence-electron chi connectivity index (χ3n) is 5.06. The van der Waals surface area contributed by atoms with Crippen molar-refractivity contribution >= 4 is 23.4 Å². The van der Waals surface area contributed by atoms with E-state index in [0.29, 0.717) is 29.7 Å². The fourth-order valence-corrected chi connectivity index (χ4v) is 3.40. The van der Waals surface area contributed by atoms with Crippen LogP contribution in [-0.2, 0) is 22.6 Å². The number of nitrogens with one attached hydrogen (secondary N) is 1. The summed E-state index contributed by atoms with van der Waals surface area (Å²) in [7, 11) is 0. The van der Waals surface area contributed by atoms with E-state index in [2.05, 4.69) is 12.2 Å². The molecule has 0 aliphatic rings. The van der Waals surface area contributed by atoms with E-state index in [1.54, 1.807) is 11.0 Å². The molecule has 2 aromatic carbocycles. The Morgan fingerprint density at radius 1 is 1.06 bits per heavy atom. The Kier molecular flexibility index (Phi) is 9.86. The molecule has 2 rings (SSSR count). The predicted molar refractivity (Wildman–Crippen MR) is 125 cm³/mol. The molecule has 6 heteroatoms. The standard InChI is InChI=1S/C25H33ClN2O3/c1-5-19-11-13-21(14-12-19)31-17-24(29)28(16-20-9-7-8-10-22(20)26)23(6-2)25(30)27-15-18(3)4/h7-14,18,23H,5-6,15-17H2,1-4H3,(H,27,30)/t23-/m1/s1. The van der Waals surface area contributed by atoms with Crippen LogP contribution >= 0.6 is 11.6 Å². The van der Waals surface area contributed by atoms with E-state index >= 15 is 0 Å². The van der Waals surface area contributed by atoms with Crippen molar-refractivity contribution < 1.29 is 14.3 Å². The first-order valence-corrected chi connectivity index (χ1v) is 11.3. The zero-order valence-electron chi connectivity index (χ0n) is 18.9. The fourth-order valence-electron chi connectivity index (χ4n) is 3.20. The van der Waals surface area contributed by atoms with Gasteiger partial charge in [0.05, 0.1) is 0 Å². The molecule has 1 atom stereocenters. The van der Waals surface area contributed by atoms with Crippen molar-refractivity contribution in [2.45, 2.75) is 53.1 Å². The Hall–Kier alpha value is -2.53. The van der Waals surface area contributed by atoms with E-state index in [0.717, 1.165) is 12.0 Å². The summed E-state index contributed by atoms with van der Waals surface area (Å²) in [5, 5.41) is 3.51.